The molecule has 1 aromatic carbocycles. The van der Waals surface area contributed by atoms with Crippen LogP contribution in [-0.4, -0.2) is 40.6 Å². The average Bonchev–Trinajstić information content (AvgIpc) is 3.43. The second-order valence-electron chi connectivity index (χ2n) is 6.52. The molecule has 0 radical (unpaired) electrons. The van der Waals surface area contributed by atoms with Gasteiger partial charge in [0.1, 0.15) is 5.69 Å². The predicted octanol–water partition coefficient (Wildman–Crippen LogP) is 3.24. The van der Waals surface area contributed by atoms with E-state index in [1.54, 1.807) is 18.4 Å². The molecule has 3 heterocycles. The molecule has 1 aliphatic rings. The Morgan fingerprint density at radius 3 is 2.73 bits per heavy atom. The summed E-state index contributed by atoms with van der Waals surface area (Å²) in [7, 11) is 0. The molecule has 134 valence electrons. The molecule has 26 heavy (non-hydrogen) atoms. The highest BCUT2D eigenvalue weighted by Gasteiger charge is 2.24. The van der Waals surface area contributed by atoms with Crippen LogP contribution in [0.15, 0.2) is 59.2 Å². The molecule has 1 fully saturated rings. The lowest BCUT2D eigenvalue weighted by Gasteiger charge is -2.28. The highest BCUT2D eigenvalue weighted by atomic mass is 16.3. The number of nitrogens with zero attached hydrogens (tertiary/aromatic N) is 2. The van der Waals surface area contributed by atoms with Crippen molar-refractivity contribution in [2.24, 2.45) is 0 Å². The first-order chi connectivity index (χ1) is 12.8. The summed E-state index contributed by atoms with van der Waals surface area (Å²) in [4.78, 5) is 15.0. The van der Waals surface area contributed by atoms with Crippen LogP contribution in [0.2, 0.25) is 0 Å². The largest absolute Gasteiger partial charge is 0.463 e. The van der Waals surface area contributed by atoms with Crippen molar-refractivity contribution in [3.8, 4) is 11.5 Å². The minimum atomic E-state index is -0.181. The number of likely N-dealkylation sites (tertiary alicyclic amines) is 1. The molecule has 1 saturated heterocycles. The predicted molar refractivity (Wildman–Crippen MR) is 98.6 cm³/mol. The number of carbonyl (C=O) groups excluding carboxylic acids is 1. The van der Waals surface area contributed by atoms with Gasteiger partial charge in [0.25, 0.3) is 5.91 Å². The van der Waals surface area contributed by atoms with Gasteiger partial charge < -0.3 is 9.73 Å². The first-order valence-electron chi connectivity index (χ1n) is 8.98. The fraction of sp³-hybridized carbons (Fsp3) is 0.300. The second-order valence-corrected chi connectivity index (χ2v) is 6.52. The van der Waals surface area contributed by atoms with Crippen LogP contribution < -0.4 is 5.32 Å². The number of aromatic amines is 1. The number of nitrogens with one attached hydrogen (secondary N) is 2. The first-order valence-corrected chi connectivity index (χ1v) is 8.98. The lowest BCUT2D eigenvalue weighted by atomic mass is 10.1. The molecule has 2 N–H and O–H groups in total. The van der Waals surface area contributed by atoms with Crippen LogP contribution in [0.25, 0.3) is 11.5 Å². The fourth-order valence-electron chi connectivity index (χ4n) is 3.46. The third-order valence-electron chi connectivity index (χ3n) is 4.82. The number of furan rings is 1. The van der Waals surface area contributed by atoms with Crippen molar-refractivity contribution in [3.63, 3.8) is 0 Å². The molecule has 0 bridgehead atoms. The smallest absolute Gasteiger partial charge is 0.271 e. The Labute approximate surface area is 152 Å². The van der Waals surface area contributed by atoms with Gasteiger partial charge in [0.15, 0.2) is 11.5 Å². The van der Waals surface area contributed by atoms with Crippen molar-refractivity contribution >= 4 is 5.91 Å². The van der Waals surface area contributed by atoms with Crippen LogP contribution in [-0.2, 0) is 0 Å². The van der Waals surface area contributed by atoms with Gasteiger partial charge in [-0.1, -0.05) is 30.3 Å². The summed E-state index contributed by atoms with van der Waals surface area (Å²) in [5, 5.41) is 10.00. The summed E-state index contributed by atoms with van der Waals surface area (Å²) in [6.07, 6.45) is 4.02. The van der Waals surface area contributed by atoms with Crippen LogP contribution in [0.5, 0.6) is 0 Å². The molecular weight excluding hydrogens is 328 g/mol. The number of hydrogen-bond acceptors (Lipinski definition) is 4. The third kappa shape index (κ3) is 3.55. The number of amides is 1. The van der Waals surface area contributed by atoms with Crippen molar-refractivity contribution in [1.29, 1.82) is 0 Å². The molecule has 0 spiro atoms. The van der Waals surface area contributed by atoms with E-state index in [4.69, 9.17) is 4.42 Å². The standard InChI is InChI=1S/C20H22N4O2/c25-20(17-13-16(22-23-17)19-9-6-12-26-19)21-14-18(24-10-4-5-11-24)15-7-2-1-3-8-15/h1-3,6-9,12-13,18H,4-5,10-11,14H2,(H,21,25)(H,22,23). The number of benzene rings is 1. The minimum absolute atomic E-state index is 0.181. The molecule has 1 amide bonds. The maximum Gasteiger partial charge on any atom is 0.271 e. The summed E-state index contributed by atoms with van der Waals surface area (Å²) in [5.41, 5.74) is 2.29. The molecule has 0 aliphatic carbocycles. The number of H-pyrrole nitrogens is 1. The molecule has 4 rings (SSSR count). The highest BCUT2D eigenvalue weighted by molar-refractivity contribution is 5.93. The lowest BCUT2D eigenvalue weighted by Crippen LogP contribution is -2.36. The van der Waals surface area contributed by atoms with Crippen molar-refractivity contribution in [2.75, 3.05) is 19.6 Å². The van der Waals surface area contributed by atoms with Gasteiger partial charge >= 0.3 is 0 Å². The SMILES string of the molecule is O=C(NCC(c1ccccc1)N1CCCC1)c1cc(-c2ccco2)[nH]n1. The first kappa shape index (κ1) is 16.6. The van der Waals surface area contributed by atoms with Crippen LogP contribution in [0, 0.1) is 0 Å². The van der Waals surface area contributed by atoms with Gasteiger partial charge in [0, 0.05) is 12.6 Å². The van der Waals surface area contributed by atoms with Crippen molar-refractivity contribution in [2.45, 2.75) is 18.9 Å². The van der Waals surface area contributed by atoms with Gasteiger partial charge in [0.2, 0.25) is 0 Å². The minimum Gasteiger partial charge on any atom is -0.463 e. The van der Waals surface area contributed by atoms with Gasteiger partial charge in [-0.3, -0.25) is 14.8 Å². The Bertz CT molecular complexity index is 836. The van der Waals surface area contributed by atoms with Gasteiger partial charge in [-0.25, -0.2) is 0 Å². The van der Waals surface area contributed by atoms with E-state index in [0.717, 1.165) is 13.1 Å². The summed E-state index contributed by atoms with van der Waals surface area (Å²) < 4.78 is 5.33. The average molecular weight is 350 g/mol. The molecule has 1 aliphatic heterocycles. The van der Waals surface area contributed by atoms with E-state index < -0.39 is 0 Å². The normalized spacial score (nSPS) is 15.8. The second kappa shape index (κ2) is 7.58. The molecule has 3 aromatic rings. The zero-order chi connectivity index (χ0) is 17.8. The Hall–Kier alpha value is -2.86. The Morgan fingerprint density at radius 2 is 2.00 bits per heavy atom. The Balaban J connectivity index is 1.44. The molecule has 1 atom stereocenters. The third-order valence-corrected chi connectivity index (χ3v) is 4.82. The van der Waals surface area contributed by atoms with E-state index in [2.05, 4.69) is 32.5 Å². The summed E-state index contributed by atoms with van der Waals surface area (Å²) >= 11 is 0. The molecule has 6 heteroatoms. The summed E-state index contributed by atoms with van der Waals surface area (Å²) in [6, 6.07) is 15.9. The van der Waals surface area contributed by atoms with Crippen molar-refractivity contribution < 1.29 is 9.21 Å². The molecule has 1 unspecified atom stereocenters. The van der Waals surface area contributed by atoms with Crippen LogP contribution in [0.3, 0.4) is 0 Å². The van der Waals surface area contributed by atoms with E-state index in [0.29, 0.717) is 23.7 Å². The maximum absolute atomic E-state index is 12.5. The van der Waals surface area contributed by atoms with Gasteiger partial charge in [-0.05, 0) is 43.6 Å². The Morgan fingerprint density at radius 1 is 1.19 bits per heavy atom. The number of aromatic nitrogens is 2. The van der Waals surface area contributed by atoms with Crippen LogP contribution in [0.1, 0.15) is 34.9 Å². The molecule has 0 saturated carbocycles. The van der Waals surface area contributed by atoms with Gasteiger partial charge in [-0.2, -0.15) is 5.10 Å². The van der Waals surface area contributed by atoms with Gasteiger partial charge in [0.05, 0.1) is 12.3 Å². The Kier molecular flexibility index (Phi) is 4.84. The monoisotopic (exact) mass is 350 g/mol. The van der Waals surface area contributed by atoms with E-state index in [9.17, 15) is 4.79 Å². The number of hydrogen-bond donors (Lipinski definition) is 2. The fourth-order valence-corrected chi connectivity index (χ4v) is 3.46. The van der Waals surface area contributed by atoms with E-state index in [1.165, 1.54) is 18.4 Å². The number of carbonyl (C=O) groups is 1. The number of rotatable bonds is 6. The van der Waals surface area contributed by atoms with E-state index >= 15 is 0 Å². The quantitative estimate of drug-likeness (QED) is 0.716. The van der Waals surface area contributed by atoms with Crippen molar-refractivity contribution in [1.82, 2.24) is 20.4 Å². The lowest BCUT2D eigenvalue weighted by molar-refractivity contribution is 0.0933. The molecular formula is C20H22N4O2. The molecule has 2 aromatic heterocycles. The summed E-state index contributed by atoms with van der Waals surface area (Å²) in [5.74, 6) is 0.481. The zero-order valence-electron chi connectivity index (χ0n) is 14.5. The maximum atomic E-state index is 12.5. The van der Waals surface area contributed by atoms with Crippen LogP contribution >= 0.6 is 0 Å². The van der Waals surface area contributed by atoms with Crippen LogP contribution in [0.4, 0.5) is 0 Å². The van der Waals surface area contributed by atoms with Crippen molar-refractivity contribution in [3.05, 3.63) is 66.1 Å². The highest BCUT2D eigenvalue weighted by Crippen LogP contribution is 2.24. The molecule has 6 nitrogen and oxygen atoms in total. The summed E-state index contributed by atoms with van der Waals surface area (Å²) in [6.45, 7) is 2.70. The zero-order valence-corrected chi connectivity index (χ0v) is 14.5. The van der Waals surface area contributed by atoms with E-state index in [-0.39, 0.29) is 11.9 Å². The topological polar surface area (TPSA) is 74.2 Å². The van der Waals surface area contributed by atoms with Gasteiger partial charge in [-0.15, -0.1) is 0 Å². The van der Waals surface area contributed by atoms with E-state index in [1.807, 2.05) is 24.3 Å².